The van der Waals surface area contributed by atoms with Gasteiger partial charge >= 0.3 is 0 Å². The SMILES string of the molecule is COc1ccc(S(=O)(=O)N2CCN([C@H](C)c3nc(Nc4ccccc4)c4ccccc4n3)CC2)cc1. The molecule has 36 heavy (non-hydrogen) atoms. The van der Waals surface area contributed by atoms with Crippen LogP contribution in [0.3, 0.4) is 0 Å². The molecule has 1 atom stereocenters. The first kappa shape index (κ1) is 24.2. The maximum absolute atomic E-state index is 13.1. The number of sulfonamides is 1. The van der Waals surface area contributed by atoms with Gasteiger partial charge in [-0.25, -0.2) is 18.4 Å². The molecule has 1 fully saturated rings. The van der Waals surface area contributed by atoms with Gasteiger partial charge in [0.15, 0.2) is 0 Å². The lowest BCUT2D eigenvalue weighted by molar-refractivity contribution is 0.141. The molecular formula is C27H29N5O3S. The van der Waals surface area contributed by atoms with E-state index in [1.165, 1.54) is 0 Å². The Labute approximate surface area is 211 Å². The number of para-hydroxylation sites is 2. The first-order valence-corrected chi connectivity index (χ1v) is 13.4. The normalized spacial score (nSPS) is 16.1. The van der Waals surface area contributed by atoms with Gasteiger partial charge in [-0.3, -0.25) is 4.90 Å². The van der Waals surface area contributed by atoms with E-state index in [4.69, 9.17) is 14.7 Å². The number of aromatic nitrogens is 2. The summed E-state index contributed by atoms with van der Waals surface area (Å²) in [7, 11) is -2.00. The molecule has 1 aromatic heterocycles. The fourth-order valence-corrected chi connectivity index (χ4v) is 5.85. The molecule has 1 aliphatic rings. The van der Waals surface area contributed by atoms with Crippen LogP contribution in [0.4, 0.5) is 11.5 Å². The summed E-state index contributed by atoms with van der Waals surface area (Å²) in [6.45, 7) is 4.06. The monoisotopic (exact) mass is 503 g/mol. The Hall–Kier alpha value is -3.53. The lowest BCUT2D eigenvalue weighted by Gasteiger charge is -2.36. The summed E-state index contributed by atoms with van der Waals surface area (Å²) in [5, 5.41) is 4.38. The van der Waals surface area contributed by atoms with Crippen molar-refractivity contribution in [1.29, 1.82) is 0 Å². The van der Waals surface area contributed by atoms with Crippen LogP contribution in [0.25, 0.3) is 10.9 Å². The highest BCUT2D eigenvalue weighted by Crippen LogP contribution is 2.28. The van der Waals surface area contributed by atoms with E-state index in [1.54, 1.807) is 35.7 Å². The van der Waals surface area contributed by atoms with Crippen LogP contribution in [0.5, 0.6) is 5.75 Å². The van der Waals surface area contributed by atoms with Crippen LogP contribution in [0.1, 0.15) is 18.8 Å². The quantitative estimate of drug-likeness (QED) is 0.399. The Kier molecular flexibility index (Phi) is 6.86. The van der Waals surface area contributed by atoms with Crippen LogP contribution in [-0.2, 0) is 10.0 Å². The largest absolute Gasteiger partial charge is 0.497 e. The molecule has 0 amide bonds. The minimum atomic E-state index is -3.56. The third kappa shape index (κ3) is 4.90. The molecule has 0 aliphatic carbocycles. The number of ether oxygens (including phenoxy) is 1. The van der Waals surface area contributed by atoms with Crippen molar-refractivity contribution in [3.63, 3.8) is 0 Å². The van der Waals surface area contributed by atoms with Crippen molar-refractivity contribution in [3.8, 4) is 5.75 Å². The van der Waals surface area contributed by atoms with Gasteiger partial charge in [0.2, 0.25) is 10.0 Å². The Morgan fingerprint density at radius 2 is 1.53 bits per heavy atom. The van der Waals surface area contributed by atoms with Gasteiger partial charge < -0.3 is 10.1 Å². The molecule has 186 valence electrons. The third-order valence-electron chi connectivity index (χ3n) is 6.55. The van der Waals surface area contributed by atoms with Gasteiger partial charge in [0.25, 0.3) is 0 Å². The highest BCUT2D eigenvalue weighted by Gasteiger charge is 2.31. The van der Waals surface area contributed by atoms with E-state index in [1.807, 2.05) is 54.6 Å². The molecule has 3 aromatic carbocycles. The maximum atomic E-state index is 13.1. The molecule has 0 spiro atoms. The van der Waals surface area contributed by atoms with Crippen molar-refractivity contribution in [2.24, 2.45) is 0 Å². The Morgan fingerprint density at radius 1 is 0.861 bits per heavy atom. The van der Waals surface area contributed by atoms with Gasteiger partial charge in [-0.1, -0.05) is 30.3 Å². The van der Waals surface area contributed by atoms with Crippen LogP contribution >= 0.6 is 0 Å². The van der Waals surface area contributed by atoms with Crippen molar-refractivity contribution in [3.05, 3.63) is 84.7 Å². The molecule has 0 saturated carbocycles. The zero-order chi connectivity index (χ0) is 25.1. The number of methoxy groups -OCH3 is 1. The summed E-state index contributed by atoms with van der Waals surface area (Å²) in [5.74, 6) is 2.09. The van der Waals surface area contributed by atoms with Gasteiger partial charge in [0, 0.05) is 37.3 Å². The molecule has 1 aliphatic heterocycles. The molecule has 0 bridgehead atoms. The Balaban J connectivity index is 1.34. The van der Waals surface area contributed by atoms with Crippen LogP contribution in [-0.4, -0.2) is 60.9 Å². The van der Waals surface area contributed by atoms with Crippen LogP contribution in [0.2, 0.25) is 0 Å². The van der Waals surface area contributed by atoms with Gasteiger partial charge in [-0.15, -0.1) is 0 Å². The molecule has 0 unspecified atom stereocenters. The summed E-state index contributed by atoms with van der Waals surface area (Å²) in [6.07, 6.45) is 0. The highest BCUT2D eigenvalue weighted by molar-refractivity contribution is 7.89. The van der Waals surface area contributed by atoms with E-state index in [-0.39, 0.29) is 10.9 Å². The number of anilines is 2. The number of hydrogen-bond acceptors (Lipinski definition) is 7. The third-order valence-corrected chi connectivity index (χ3v) is 8.46. The molecule has 1 N–H and O–H groups in total. The second kappa shape index (κ2) is 10.2. The molecule has 0 radical (unpaired) electrons. The number of nitrogens with one attached hydrogen (secondary N) is 1. The summed E-state index contributed by atoms with van der Waals surface area (Å²) < 4.78 is 33.0. The second-order valence-corrected chi connectivity index (χ2v) is 10.7. The summed E-state index contributed by atoms with van der Waals surface area (Å²) in [4.78, 5) is 12.3. The highest BCUT2D eigenvalue weighted by atomic mass is 32.2. The summed E-state index contributed by atoms with van der Waals surface area (Å²) in [5.41, 5.74) is 1.82. The molecule has 5 rings (SSSR count). The predicted octanol–water partition coefficient (Wildman–Crippen LogP) is 4.45. The Bertz CT molecular complexity index is 1440. The van der Waals surface area contributed by atoms with Crippen molar-refractivity contribution in [2.45, 2.75) is 17.9 Å². The van der Waals surface area contributed by atoms with Gasteiger partial charge in [0.05, 0.1) is 23.6 Å². The number of fused-ring (bicyclic) bond motifs is 1. The van der Waals surface area contributed by atoms with E-state index < -0.39 is 10.0 Å². The fraction of sp³-hybridized carbons (Fsp3) is 0.259. The van der Waals surface area contributed by atoms with E-state index in [0.29, 0.717) is 37.8 Å². The van der Waals surface area contributed by atoms with Crippen LogP contribution in [0.15, 0.2) is 83.8 Å². The molecule has 9 heteroatoms. The molecule has 1 saturated heterocycles. The number of hydrogen-bond donors (Lipinski definition) is 1. The van der Waals surface area contributed by atoms with Gasteiger partial charge in [-0.2, -0.15) is 4.31 Å². The molecule has 8 nitrogen and oxygen atoms in total. The number of piperazine rings is 1. The second-order valence-electron chi connectivity index (χ2n) is 8.73. The van der Waals surface area contributed by atoms with Gasteiger partial charge in [-0.05, 0) is 55.5 Å². The van der Waals surface area contributed by atoms with Crippen molar-refractivity contribution >= 4 is 32.4 Å². The maximum Gasteiger partial charge on any atom is 0.243 e. The Morgan fingerprint density at radius 3 is 2.22 bits per heavy atom. The first-order chi connectivity index (χ1) is 17.5. The molecular weight excluding hydrogens is 474 g/mol. The summed E-state index contributed by atoms with van der Waals surface area (Å²) in [6, 6.07) is 24.3. The van der Waals surface area contributed by atoms with Crippen molar-refractivity contribution < 1.29 is 13.2 Å². The minimum absolute atomic E-state index is 0.0724. The summed E-state index contributed by atoms with van der Waals surface area (Å²) >= 11 is 0. The van der Waals surface area contributed by atoms with Crippen molar-refractivity contribution in [2.75, 3.05) is 38.6 Å². The van der Waals surface area contributed by atoms with E-state index in [2.05, 4.69) is 17.1 Å². The predicted molar refractivity (Wildman–Crippen MR) is 141 cm³/mol. The lowest BCUT2D eigenvalue weighted by Crippen LogP contribution is -2.49. The zero-order valence-corrected chi connectivity index (χ0v) is 21.1. The van der Waals surface area contributed by atoms with Crippen molar-refractivity contribution in [1.82, 2.24) is 19.2 Å². The number of nitrogens with zero attached hydrogens (tertiary/aromatic N) is 4. The van der Waals surface area contributed by atoms with Crippen LogP contribution in [0, 0.1) is 0 Å². The minimum Gasteiger partial charge on any atom is -0.497 e. The average Bonchev–Trinajstić information content (AvgIpc) is 2.93. The number of rotatable bonds is 7. The smallest absolute Gasteiger partial charge is 0.243 e. The van der Waals surface area contributed by atoms with E-state index >= 15 is 0 Å². The lowest BCUT2D eigenvalue weighted by atomic mass is 10.2. The average molecular weight is 504 g/mol. The first-order valence-electron chi connectivity index (χ1n) is 11.9. The number of benzene rings is 3. The topological polar surface area (TPSA) is 87.7 Å². The van der Waals surface area contributed by atoms with E-state index in [0.717, 1.165) is 22.4 Å². The molecule has 4 aromatic rings. The zero-order valence-electron chi connectivity index (χ0n) is 20.3. The van der Waals surface area contributed by atoms with Crippen LogP contribution < -0.4 is 10.1 Å². The van der Waals surface area contributed by atoms with Gasteiger partial charge in [0.1, 0.15) is 17.4 Å². The standard InChI is InChI=1S/C27H29N5O3S/c1-20(31-16-18-32(19-17-31)36(33,34)23-14-12-22(35-2)13-15-23)26-29-25-11-7-6-10-24(25)27(30-26)28-21-8-4-3-5-9-21/h3-15,20H,16-19H2,1-2H3,(H,28,29,30)/t20-/m1/s1. The molecule has 2 heterocycles. The fourth-order valence-electron chi connectivity index (χ4n) is 4.43. The van der Waals surface area contributed by atoms with E-state index in [9.17, 15) is 8.42 Å².